The summed E-state index contributed by atoms with van der Waals surface area (Å²) in [6, 6.07) is 4.97. The van der Waals surface area contributed by atoms with Crippen LogP contribution in [0.3, 0.4) is 0 Å². The number of nitro groups is 1. The summed E-state index contributed by atoms with van der Waals surface area (Å²) in [4.78, 5) is 43.2. The van der Waals surface area contributed by atoms with Crippen LogP contribution in [-0.2, 0) is 4.79 Å². The van der Waals surface area contributed by atoms with Crippen molar-refractivity contribution in [3.8, 4) is 0 Å². The van der Waals surface area contributed by atoms with E-state index in [9.17, 15) is 19.7 Å². The molecule has 2 aromatic heterocycles. The number of pyridine rings is 1. The van der Waals surface area contributed by atoms with Crippen LogP contribution in [0.2, 0.25) is 0 Å². The van der Waals surface area contributed by atoms with Gasteiger partial charge in [0.1, 0.15) is 5.65 Å². The minimum atomic E-state index is -0.702. The number of carbonyl (C=O) groups is 1. The first kappa shape index (κ1) is 18.5. The number of nitrogens with zero attached hydrogens (tertiary/aromatic N) is 5. The molecule has 0 unspecified atom stereocenters. The molecular weight excluding hydrogens is 352 g/mol. The number of fused-ring (bicyclic) bond motifs is 1. The van der Waals surface area contributed by atoms with E-state index in [1.807, 2.05) is 4.90 Å². The monoisotopic (exact) mass is 372 g/mol. The van der Waals surface area contributed by atoms with E-state index in [0.29, 0.717) is 38.4 Å². The van der Waals surface area contributed by atoms with Crippen molar-refractivity contribution in [2.24, 2.45) is 0 Å². The molecule has 0 aliphatic carbocycles. The number of nitrogens with one attached hydrogen (secondary N) is 1. The number of rotatable bonds is 6. The van der Waals surface area contributed by atoms with Crippen molar-refractivity contribution < 1.29 is 9.72 Å². The van der Waals surface area contributed by atoms with Crippen LogP contribution in [0.5, 0.6) is 0 Å². The van der Waals surface area contributed by atoms with E-state index < -0.39 is 16.2 Å². The van der Waals surface area contributed by atoms with E-state index in [1.165, 1.54) is 10.6 Å². The van der Waals surface area contributed by atoms with Crippen LogP contribution in [0.15, 0.2) is 41.8 Å². The molecule has 1 aliphatic heterocycles. The Bertz CT molecular complexity index is 933. The number of hydrogen-bond donors (Lipinski definition) is 1. The van der Waals surface area contributed by atoms with Gasteiger partial charge in [0.25, 0.3) is 0 Å². The number of aromatic nitrogens is 2. The van der Waals surface area contributed by atoms with Gasteiger partial charge in [-0.15, -0.1) is 6.58 Å². The molecule has 1 saturated heterocycles. The highest BCUT2D eigenvalue weighted by Gasteiger charge is 2.30. The molecule has 2 aromatic rings. The lowest BCUT2D eigenvalue weighted by Gasteiger charge is -2.34. The average Bonchev–Trinajstić information content (AvgIpc) is 2.66. The first-order valence-electron chi connectivity index (χ1n) is 8.52. The lowest BCUT2D eigenvalue weighted by Crippen LogP contribution is -2.50. The van der Waals surface area contributed by atoms with E-state index in [1.54, 1.807) is 29.2 Å². The summed E-state index contributed by atoms with van der Waals surface area (Å²) in [5.74, 6) is -0.0247. The second kappa shape index (κ2) is 7.96. The van der Waals surface area contributed by atoms with Gasteiger partial charge in [-0.25, -0.2) is 4.98 Å². The lowest BCUT2D eigenvalue weighted by molar-refractivity contribution is -0.385. The molecule has 1 aliphatic rings. The maximum atomic E-state index is 12.5. The second-order valence-corrected chi connectivity index (χ2v) is 6.13. The summed E-state index contributed by atoms with van der Waals surface area (Å²) in [5, 5.41) is 14.2. The van der Waals surface area contributed by atoms with Crippen molar-refractivity contribution in [2.75, 3.05) is 44.2 Å². The molecule has 10 nitrogen and oxygen atoms in total. The first-order chi connectivity index (χ1) is 13.0. The Hall–Kier alpha value is -3.27. The van der Waals surface area contributed by atoms with E-state index in [-0.39, 0.29) is 18.3 Å². The van der Waals surface area contributed by atoms with Crippen LogP contribution in [0.25, 0.3) is 5.65 Å². The second-order valence-electron chi connectivity index (χ2n) is 6.13. The van der Waals surface area contributed by atoms with Gasteiger partial charge >= 0.3 is 11.2 Å². The van der Waals surface area contributed by atoms with Crippen molar-refractivity contribution in [1.29, 1.82) is 0 Å². The molecule has 0 saturated carbocycles. The Morgan fingerprint density at radius 1 is 1.33 bits per heavy atom. The van der Waals surface area contributed by atoms with E-state index in [4.69, 9.17) is 0 Å². The maximum Gasteiger partial charge on any atom is 0.376 e. The lowest BCUT2D eigenvalue weighted by atomic mass is 10.3. The van der Waals surface area contributed by atoms with E-state index >= 15 is 0 Å². The third kappa shape index (κ3) is 3.95. The fourth-order valence-corrected chi connectivity index (χ4v) is 3.01. The van der Waals surface area contributed by atoms with Gasteiger partial charge in [0.05, 0.1) is 11.5 Å². The van der Waals surface area contributed by atoms with Crippen LogP contribution >= 0.6 is 0 Å². The third-order valence-corrected chi connectivity index (χ3v) is 4.36. The fourth-order valence-electron chi connectivity index (χ4n) is 3.01. The van der Waals surface area contributed by atoms with Gasteiger partial charge in [-0.05, 0) is 12.1 Å². The zero-order chi connectivity index (χ0) is 19.4. The summed E-state index contributed by atoms with van der Waals surface area (Å²) in [6.07, 6.45) is 3.07. The third-order valence-electron chi connectivity index (χ3n) is 4.36. The SMILES string of the molecule is C=CCNC(=O)CN1CCN(c2nc3ccccn3c(=O)c2[N+](=O)[O-])CC1. The quantitative estimate of drug-likeness (QED) is 0.432. The average molecular weight is 372 g/mol. The molecule has 0 bridgehead atoms. The molecule has 3 heterocycles. The van der Waals surface area contributed by atoms with Gasteiger partial charge in [0.2, 0.25) is 11.7 Å². The number of amides is 1. The van der Waals surface area contributed by atoms with Crippen LogP contribution in [0.1, 0.15) is 0 Å². The smallest absolute Gasteiger partial charge is 0.352 e. The van der Waals surface area contributed by atoms with Crippen LogP contribution < -0.4 is 15.8 Å². The van der Waals surface area contributed by atoms with Crippen molar-refractivity contribution in [2.45, 2.75) is 0 Å². The van der Waals surface area contributed by atoms with Gasteiger partial charge < -0.3 is 10.2 Å². The zero-order valence-electron chi connectivity index (χ0n) is 14.7. The molecule has 10 heteroatoms. The van der Waals surface area contributed by atoms with Crippen molar-refractivity contribution in [1.82, 2.24) is 19.6 Å². The topological polar surface area (TPSA) is 113 Å². The Morgan fingerprint density at radius 3 is 2.74 bits per heavy atom. The van der Waals surface area contributed by atoms with Crippen molar-refractivity contribution in [3.63, 3.8) is 0 Å². The summed E-state index contributed by atoms with van der Waals surface area (Å²) in [7, 11) is 0. The largest absolute Gasteiger partial charge is 0.376 e. The van der Waals surface area contributed by atoms with Crippen LogP contribution in [0, 0.1) is 10.1 Å². The highest BCUT2D eigenvalue weighted by atomic mass is 16.6. The number of hydrogen-bond acceptors (Lipinski definition) is 7. The summed E-state index contributed by atoms with van der Waals surface area (Å²) < 4.78 is 1.17. The van der Waals surface area contributed by atoms with E-state index in [2.05, 4.69) is 16.9 Å². The molecule has 3 rings (SSSR count). The molecule has 27 heavy (non-hydrogen) atoms. The van der Waals surface area contributed by atoms with Gasteiger partial charge in [0.15, 0.2) is 0 Å². The minimum Gasteiger partial charge on any atom is -0.352 e. The normalized spacial score (nSPS) is 14.9. The Balaban J connectivity index is 1.80. The highest BCUT2D eigenvalue weighted by Crippen LogP contribution is 2.23. The minimum absolute atomic E-state index is 0.0759. The first-order valence-corrected chi connectivity index (χ1v) is 8.52. The summed E-state index contributed by atoms with van der Waals surface area (Å²) in [5.41, 5.74) is -0.878. The van der Waals surface area contributed by atoms with Gasteiger partial charge in [-0.2, -0.15) is 0 Å². The molecular formula is C17H20N6O4. The summed E-state index contributed by atoms with van der Waals surface area (Å²) in [6.45, 7) is 6.15. The van der Waals surface area contributed by atoms with Gasteiger partial charge in [0, 0.05) is 38.9 Å². The standard InChI is InChI=1S/C17H20N6O4/c1-2-6-18-14(24)12-20-8-10-21(11-9-20)16-15(23(26)27)17(25)22-7-4-3-5-13(22)19-16/h2-5,7H,1,6,8-12H2,(H,18,24). The number of carbonyl (C=O) groups excluding carboxylic acids is 1. The molecule has 1 amide bonds. The number of anilines is 1. The Morgan fingerprint density at radius 2 is 2.07 bits per heavy atom. The Labute approximate surface area is 154 Å². The van der Waals surface area contributed by atoms with Gasteiger partial charge in [-0.1, -0.05) is 12.1 Å². The predicted molar refractivity (Wildman–Crippen MR) is 100.0 cm³/mol. The van der Waals surface area contributed by atoms with Crippen molar-refractivity contribution in [3.05, 3.63) is 57.5 Å². The molecule has 0 radical (unpaired) electrons. The van der Waals surface area contributed by atoms with E-state index in [0.717, 1.165) is 0 Å². The fraction of sp³-hybridized carbons (Fsp3) is 0.353. The molecule has 0 spiro atoms. The highest BCUT2D eigenvalue weighted by molar-refractivity contribution is 5.78. The number of piperazine rings is 1. The zero-order valence-corrected chi connectivity index (χ0v) is 14.7. The van der Waals surface area contributed by atoms with Gasteiger partial charge in [-0.3, -0.25) is 29.0 Å². The molecule has 142 valence electrons. The predicted octanol–water partition coefficient (Wildman–Crippen LogP) is 0.0269. The van der Waals surface area contributed by atoms with Crippen LogP contribution in [-0.4, -0.2) is 64.4 Å². The van der Waals surface area contributed by atoms with Crippen molar-refractivity contribution >= 4 is 23.1 Å². The van der Waals surface area contributed by atoms with Crippen LogP contribution in [0.4, 0.5) is 11.5 Å². The summed E-state index contributed by atoms with van der Waals surface area (Å²) >= 11 is 0. The molecule has 1 fully saturated rings. The maximum absolute atomic E-state index is 12.5. The molecule has 1 N–H and O–H groups in total. The molecule has 0 atom stereocenters. The Kier molecular flexibility index (Phi) is 5.46. The molecule has 0 aromatic carbocycles.